The zero-order valence-corrected chi connectivity index (χ0v) is 15.9. The highest BCUT2D eigenvalue weighted by Gasteiger charge is 2.13. The number of amides is 2. The number of benzene rings is 2. The van der Waals surface area contributed by atoms with Crippen LogP contribution >= 0.6 is 11.6 Å². The Balaban J connectivity index is 1.48. The van der Waals surface area contributed by atoms with Crippen LogP contribution in [0.15, 0.2) is 53.1 Å². The molecule has 0 bridgehead atoms. The summed E-state index contributed by atoms with van der Waals surface area (Å²) in [6.45, 7) is 1.96. The molecule has 8 nitrogen and oxygen atoms in total. The van der Waals surface area contributed by atoms with E-state index in [-0.39, 0.29) is 24.9 Å². The molecular formula is C19H19ClN4O4. The fourth-order valence-corrected chi connectivity index (χ4v) is 2.71. The van der Waals surface area contributed by atoms with Crippen molar-refractivity contribution >= 4 is 40.4 Å². The van der Waals surface area contributed by atoms with E-state index in [1.165, 1.54) is 11.9 Å². The van der Waals surface area contributed by atoms with Crippen LogP contribution in [0.1, 0.15) is 12.5 Å². The Labute approximate surface area is 166 Å². The first-order valence-corrected chi connectivity index (χ1v) is 8.95. The number of halogens is 1. The predicted molar refractivity (Wildman–Crippen MR) is 105 cm³/mol. The molecule has 3 rings (SSSR count). The van der Waals surface area contributed by atoms with Crippen LogP contribution in [0.25, 0.3) is 11.0 Å². The molecule has 0 radical (unpaired) electrons. The number of para-hydroxylation sites is 1. The van der Waals surface area contributed by atoms with Crippen LogP contribution in [-0.2, 0) is 16.1 Å². The van der Waals surface area contributed by atoms with Crippen molar-refractivity contribution in [1.82, 2.24) is 15.6 Å². The van der Waals surface area contributed by atoms with Crippen molar-refractivity contribution in [3.05, 3.63) is 59.1 Å². The third-order valence-corrected chi connectivity index (χ3v) is 4.31. The molecule has 3 aromatic rings. The lowest BCUT2D eigenvalue weighted by atomic mass is 10.2. The maximum Gasteiger partial charge on any atom is 0.412 e. The molecule has 1 heterocycles. The summed E-state index contributed by atoms with van der Waals surface area (Å²) in [5.41, 5.74) is 4.39. The first-order valence-electron chi connectivity index (χ1n) is 8.58. The molecule has 0 aliphatic carbocycles. The molecule has 146 valence electrons. The predicted octanol–water partition coefficient (Wildman–Crippen LogP) is 3.58. The van der Waals surface area contributed by atoms with Crippen molar-refractivity contribution in [2.75, 3.05) is 18.5 Å². The van der Waals surface area contributed by atoms with Crippen molar-refractivity contribution in [2.45, 2.75) is 13.5 Å². The largest absolute Gasteiger partial charge is 0.447 e. The molecule has 9 heteroatoms. The van der Waals surface area contributed by atoms with Crippen LogP contribution in [-0.4, -0.2) is 35.3 Å². The molecule has 2 N–H and O–H groups in total. The van der Waals surface area contributed by atoms with Crippen LogP contribution in [0.5, 0.6) is 0 Å². The number of anilines is 1. The van der Waals surface area contributed by atoms with Crippen molar-refractivity contribution in [1.29, 1.82) is 0 Å². The van der Waals surface area contributed by atoms with E-state index in [0.29, 0.717) is 22.5 Å². The summed E-state index contributed by atoms with van der Waals surface area (Å²) in [4.78, 5) is 23.8. The minimum absolute atomic E-state index is 0.00325. The number of nitrogens with zero attached hydrogens (tertiary/aromatic N) is 2. The van der Waals surface area contributed by atoms with Crippen molar-refractivity contribution in [3.8, 4) is 0 Å². The smallest absolute Gasteiger partial charge is 0.412 e. The lowest BCUT2D eigenvalue weighted by Crippen LogP contribution is -2.43. The van der Waals surface area contributed by atoms with Gasteiger partial charge in [-0.3, -0.25) is 15.1 Å². The van der Waals surface area contributed by atoms with Crippen LogP contribution < -0.4 is 10.7 Å². The van der Waals surface area contributed by atoms with E-state index in [2.05, 4.69) is 15.9 Å². The fraction of sp³-hybridized carbons (Fsp3) is 0.211. The monoisotopic (exact) mass is 402 g/mol. The Morgan fingerprint density at radius 1 is 1.18 bits per heavy atom. The third kappa shape index (κ3) is 4.99. The second kappa shape index (κ2) is 9.20. The summed E-state index contributed by atoms with van der Waals surface area (Å²) in [6, 6.07) is 14.5. The molecule has 0 saturated carbocycles. The summed E-state index contributed by atoms with van der Waals surface area (Å²) in [6.07, 6.45) is -0.686. The fourth-order valence-electron chi connectivity index (χ4n) is 2.51. The van der Waals surface area contributed by atoms with Crippen LogP contribution in [0.4, 0.5) is 10.6 Å². The highest BCUT2D eigenvalue weighted by Crippen LogP contribution is 2.22. The molecule has 0 fully saturated rings. The maximum atomic E-state index is 12.0. The Morgan fingerprint density at radius 2 is 1.93 bits per heavy atom. The van der Waals surface area contributed by atoms with E-state index in [1.54, 1.807) is 18.2 Å². The van der Waals surface area contributed by atoms with Crippen molar-refractivity contribution < 1.29 is 18.8 Å². The number of hydrazine groups is 1. The van der Waals surface area contributed by atoms with Gasteiger partial charge < -0.3 is 9.26 Å². The normalized spacial score (nSPS) is 10.6. The molecule has 2 aromatic carbocycles. The van der Waals surface area contributed by atoms with Gasteiger partial charge in [0.15, 0.2) is 11.4 Å². The summed E-state index contributed by atoms with van der Waals surface area (Å²) < 4.78 is 10.2. The molecule has 0 aliphatic rings. The molecule has 0 saturated heterocycles. The van der Waals surface area contributed by atoms with E-state index >= 15 is 0 Å². The Morgan fingerprint density at radius 3 is 2.71 bits per heavy atom. The van der Waals surface area contributed by atoms with Gasteiger partial charge in [-0.25, -0.2) is 10.2 Å². The average molecular weight is 403 g/mol. The van der Waals surface area contributed by atoms with Crippen molar-refractivity contribution in [2.24, 2.45) is 0 Å². The van der Waals surface area contributed by atoms with Gasteiger partial charge in [0.2, 0.25) is 5.91 Å². The topological polar surface area (TPSA) is 96.7 Å². The zero-order valence-electron chi connectivity index (χ0n) is 15.1. The lowest BCUT2D eigenvalue weighted by molar-refractivity contribution is -0.132. The first kappa shape index (κ1) is 19.7. The minimum Gasteiger partial charge on any atom is -0.447 e. The van der Waals surface area contributed by atoms with E-state index in [0.717, 1.165) is 5.56 Å². The second-order valence-electron chi connectivity index (χ2n) is 5.89. The molecule has 28 heavy (non-hydrogen) atoms. The van der Waals surface area contributed by atoms with Crippen LogP contribution in [0.3, 0.4) is 0 Å². The summed E-state index contributed by atoms with van der Waals surface area (Å²) >= 11 is 6.11. The number of fused-ring (bicyclic) bond motifs is 1. The molecular weight excluding hydrogens is 384 g/mol. The van der Waals surface area contributed by atoms with Gasteiger partial charge in [-0.05, 0) is 23.8 Å². The van der Waals surface area contributed by atoms with Gasteiger partial charge in [0, 0.05) is 18.5 Å². The number of nitrogens with one attached hydrogen (secondary N) is 2. The van der Waals surface area contributed by atoms with Gasteiger partial charge in [-0.15, -0.1) is 0 Å². The van der Waals surface area contributed by atoms with E-state index in [1.807, 2.05) is 30.3 Å². The van der Waals surface area contributed by atoms with Gasteiger partial charge in [-0.1, -0.05) is 47.1 Å². The first-order chi connectivity index (χ1) is 13.5. The Hall–Kier alpha value is -3.10. The number of carbonyl (C=O) groups excluding carboxylic acids is 2. The van der Waals surface area contributed by atoms with Gasteiger partial charge in [0.25, 0.3) is 0 Å². The average Bonchev–Trinajstić information content (AvgIpc) is 3.08. The van der Waals surface area contributed by atoms with E-state index in [9.17, 15) is 9.59 Å². The number of rotatable bonds is 7. The number of carbonyl (C=O) groups is 2. The molecule has 2 amide bonds. The quantitative estimate of drug-likeness (QED) is 0.586. The maximum absolute atomic E-state index is 12.0. The molecule has 1 aromatic heterocycles. The molecule has 0 spiro atoms. The summed E-state index contributed by atoms with van der Waals surface area (Å²) in [5, 5.41) is 8.97. The standard InChI is InChI=1S/C19H19ClN4O4/c1-13(25)24(21-12-14-6-2-4-8-16(14)20)10-11-27-19(26)22-18-15-7-3-5-9-17(15)28-23-18/h2-9,21H,10-12H2,1H3,(H,22,23,26). The van der Waals surface area contributed by atoms with Gasteiger partial charge in [-0.2, -0.15) is 0 Å². The number of ether oxygens (including phenoxy) is 1. The Bertz CT molecular complexity index is 975. The number of hydrogen-bond donors (Lipinski definition) is 2. The highest BCUT2D eigenvalue weighted by molar-refractivity contribution is 6.31. The SMILES string of the molecule is CC(=O)N(CCOC(=O)Nc1noc2ccccc12)NCc1ccccc1Cl. The second-order valence-corrected chi connectivity index (χ2v) is 6.29. The molecule has 0 unspecified atom stereocenters. The number of aromatic nitrogens is 1. The van der Waals surface area contributed by atoms with Crippen LogP contribution in [0, 0.1) is 0 Å². The van der Waals surface area contributed by atoms with Crippen LogP contribution in [0.2, 0.25) is 5.02 Å². The highest BCUT2D eigenvalue weighted by atomic mass is 35.5. The zero-order chi connectivity index (χ0) is 19.9. The van der Waals surface area contributed by atoms with E-state index in [4.69, 9.17) is 20.9 Å². The lowest BCUT2D eigenvalue weighted by Gasteiger charge is -2.22. The summed E-state index contributed by atoms with van der Waals surface area (Å²) in [5.74, 6) is 0.0689. The third-order valence-electron chi connectivity index (χ3n) is 3.94. The Kier molecular flexibility index (Phi) is 6.46. The minimum atomic E-state index is -0.686. The molecule has 0 aliphatic heterocycles. The van der Waals surface area contributed by atoms with E-state index < -0.39 is 6.09 Å². The van der Waals surface area contributed by atoms with Gasteiger partial charge >= 0.3 is 6.09 Å². The number of hydrogen-bond acceptors (Lipinski definition) is 6. The molecule has 0 atom stereocenters. The summed E-state index contributed by atoms with van der Waals surface area (Å²) in [7, 11) is 0. The van der Waals surface area contributed by atoms with Gasteiger partial charge in [0.1, 0.15) is 6.61 Å². The van der Waals surface area contributed by atoms with Gasteiger partial charge in [0.05, 0.1) is 11.9 Å². The van der Waals surface area contributed by atoms with Crippen molar-refractivity contribution in [3.63, 3.8) is 0 Å².